The van der Waals surface area contributed by atoms with Crippen molar-refractivity contribution in [2.24, 2.45) is 11.8 Å². The minimum absolute atomic E-state index is 0.0935. The molecule has 35 heavy (non-hydrogen) atoms. The topological polar surface area (TPSA) is 77.9 Å². The van der Waals surface area contributed by atoms with Crippen LogP contribution in [0.25, 0.3) is 11.1 Å². The SMILES string of the molecule is COCCCOc1ccc(-c2ccc(F)c(COc3ccc4c(c3)C[C@H]3[C@H](C(=O)O)[C@@H]43)c2)c(C)n1. The number of nitrogens with zero attached hydrogens (tertiary/aromatic N) is 1. The number of carboxylic acids is 1. The minimum atomic E-state index is -0.712. The molecule has 7 heteroatoms. The third-order valence-corrected chi connectivity index (χ3v) is 6.94. The number of pyridine rings is 1. The number of ether oxygens (including phenoxy) is 3. The normalized spacial score (nSPS) is 19.7. The number of halogens is 1. The van der Waals surface area contributed by atoms with Crippen molar-refractivity contribution < 1.29 is 28.5 Å². The average molecular weight is 478 g/mol. The molecule has 0 amide bonds. The van der Waals surface area contributed by atoms with Gasteiger partial charge in [-0.05, 0) is 66.3 Å². The number of rotatable bonds is 10. The highest BCUT2D eigenvalue weighted by atomic mass is 19.1. The van der Waals surface area contributed by atoms with Crippen LogP contribution in [-0.4, -0.2) is 36.4 Å². The number of carboxylic acid groups (broad SMARTS) is 1. The first-order valence-corrected chi connectivity index (χ1v) is 11.8. The van der Waals surface area contributed by atoms with Crippen molar-refractivity contribution >= 4 is 5.97 Å². The molecule has 0 spiro atoms. The van der Waals surface area contributed by atoms with Crippen molar-refractivity contribution in [1.29, 1.82) is 0 Å². The van der Waals surface area contributed by atoms with Gasteiger partial charge >= 0.3 is 5.97 Å². The van der Waals surface area contributed by atoms with Crippen LogP contribution >= 0.6 is 0 Å². The van der Waals surface area contributed by atoms with Crippen molar-refractivity contribution in [3.05, 3.63) is 76.7 Å². The van der Waals surface area contributed by atoms with E-state index in [4.69, 9.17) is 14.2 Å². The van der Waals surface area contributed by atoms with Gasteiger partial charge in [0.15, 0.2) is 0 Å². The summed E-state index contributed by atoms with van der Waals surface area (Å²) in [6.45, 7) is 3.16. The van der Waals surface area contributed by atoms with Crippen molar-refractivity contribution in [2.45, 2.75) is 32.3 Å². The maximum atomic E-state index is 14.6. The predicted molar refractivity (Wildman–Crippen MR) is 128 cm³/mol. The third kappa shape index (κ3) is 4.73. The summed E-state index contributed by atoms with van der Waals surface area (Å²) in [5.74, 6) is 0.252. The second kappa shape index (κ2) is 9.66. The monoisotopic (exact) mass is 477 g/mol. The second-order valence-corrected chi connectivity index (χ2v) is 9.19. The second-order valence-electron chi connectivity index (χ2n) is 9.19. The van der Waals surface area contributed by atoms with Gasteiger partial charge in [-0.15, -0.1) is 0 Å². The van der Waals surface area contributed by atoms with Gasteiger partial charge in [0.25, 0.3) is 0 Å². The molecule has 1 N–H and O–H groups in total. The van der Waals surface area contributed by atoms with Crippen LogP contribution < -0.4 is 9.47 Å². The van der Waals surface area contributed by atoms with Gasteiger partial charge in [0.1, 0.15) is 18.2 Å². The molecule has 1 aromatic heterocycles. The summed E-state index contributed by atoms with van der Waals surface area (Å²) >= 11 is 0. The fourth-order valence-corrected chi connectivity index (χ4v) is 5.13. The van der Waals surface area contributed by atoms with E-state index in [2.05, 4.69) is 4.98 Å². The Bertz CT molecular complexity index is 1260. The highest BCUT2D eigenvalue weighted by Gasteiger charge is 2.59. The molecule has 5 rings (SSSR count). The highest BCUT2D eigenvalue weighted by molar-refractivity contribution is 5.78. The Morgan fingerprint density at radius 3 is 2.74 bits per heavy atom. The Labute approximate surface area is 203 Å². The van der Waals surface area contributed by atoms with E-state index in [1.54, 1.807) is 19.2 Å². The van der Waals surface area contributed by atoms with Crippen LogP contribution in [0.1, 0.15) is 34.7 Å². The molecular weight excluding hydrogens is 449 g/mol. The van der Waals surface area contributed by atoms with Crippen molar-refractivity contribution in [3.63, 3.8) is 0 Å². The molecule has 0 bridgehead atoms. The number of aryl methyl sites for hydroxylation is 1. The fraction of sp³-hybridized carbons (Fsp3) is 0.357. The van der Waals surface area contributed by atoms with Crippen LogP contribution in [0.2, 0.25) is 0 Å². The smallest absolute Gasteiger partial charge is 0.307 e. The number of aromatic nitrogens is 1. The maximum absolute atomic E-state index is 14.6. The Morgan fingerprint density at radius 1 is 1.11 bits per heavy atom. The van der Waals surface area contributed by atoms with Crippen LogP contribution in [0.3, 0.4) is 0 Å². The van der Waals surface area contributed by atoms with Gasteiger partial charge in [-0.2, -0.15) is 0 Å². The van der Waals surface area contributed by atoms with Gasteiger partial charge in [-0.1, -0.05) is 12.1 Å². The largest absolute Gasteiger partial charge is 0.489 e. The van der Waals surface area contributed by atoms with Crippen LogP contribution in [0, 0.1) is 24.6 Å². The molecule has 182 valence electrons. The van der Waals surface area contributed by atoms with E-state index in [-0.39, 0.29) is 30.2 Å². The Kier molecular flexibility index (Phi) is 6.43. The number of aliphatic carboxylic acids is 1. The van der Waals surface area contributed by atoms with E-state index >= 15 is 0 Å². The summed E-state index contributed by atoms with van der Waals surface area (Å²) in [6.07, 6.45) is 1.55. The summed E-state index contributed by atoms with van der Waals surface area (Å²) in [5, 5.41) is 9.29. The third-order valence-electron chi connectivity index (χ3n) is 6.94. The molecule has 0 saturated heterocycles. The lowest BCUT2D eigenvalue weighted by Gasteiger charge is -2.13. The Balaban J connectivity index is 1.25. The van der Waals surface area contributed by atoms with Gasteiger partial charge in [-0.3, -0.25) is 4.79 Å². The van der Waals surface area contributed by atoms with E-state index in [1.807, 2.05) is 37.3 Å². The zero-order valence-electron chi connectivity index (χ0n) is 19.8. The molecule has 1 heterocycles. The molecule has 6 nitrogen and oxygen atoms in total. The zero-order valence-corrected chi connectivity index (χ0v) is 19.8. The number of hydrogen-bond donors (Lipinski definition) is 1. The lowest BCUT2D eigenvalue weighted by molar-refractivity contribution is -0.139. The molecule has 3 atom stereocenters. The molecule has 3 aromatic rings. The summed E-state index contributed by atoms with van der Waals surface area (Å²) < 4.78 is 31.2. The van der Waals surface area contributed by atoms with Crippen LogP contribution in [0.5, 0.6) is 11.6 Å². The lowest BCUT2D eigenvalue weighted by Crippen LogP contribution is -2.05. The number of fused-ring (bicyclic) bond motifs is 3. The standard InChI is InChI=1S/C28H28FNO5/c1-16-21(7-9-25(30-16)34-11-3-10-33-2)17-4-8-24(29)19(12-17)15-35-20-5-6-22-18(13-20)14-23-26(22)27(23)28(31)32/h4-9,12-13,23,26-27H,3,10-11,14-15H2,1-2H3,(H,31,32)/t23-,26+,27+/m1/s1. The van der Waals surface area contributed by atoms with Crippen LogP contribution in [0.15, 0.2) is 48.5 Å². The number of methoxy groups -OCH3 is 1. The fourth-order valence-electron chi connectivity index (χ4n) is 5.13. The average Bonchev–Trinajstić information content (AvgIpc) is 3.44. The van der Waals surface area contributed by atoms with Gasteiger partial charge in [0.2, 0.25) is 5.88 Å². The zero-order chi connectivity index (χ0) is 24.5. The van der Waals surface area contributed by atoms with E-state index in [9.17, 15) is 14.3 Å². The van der Waals surface area contributed by atoms with Gasteiger partial charge < -0.3 is 19.3 Å². The highest BCUT2D eigenvalue weighted by Crippen LogP contribution is 2.61. The number of carbonyl (C=O) groups is 1. The molecule has 0 radical (unpaired) electrons. The number of benzene rings is 2. The van der Waals surface area contributed by atoms with Gasteiger partial charge in [0, 0.05) is 48.9 Å². The van der Waals surface area contributed by atoms with Crippen molar-refractivity contribution in [3.8, 4) is 22.8 Å². The van der Waals surface area contributed by atoms with E-state index in [0.29, 0.717) is 30.4 Å². The quantitative estimate of drug-likeness (QED) is 0.407. The van der Waals surface area contributed by atoms with E-state index in [0.717, 1.165) is 40.8 Å². The summed E-state index contributed by atoms with van der Waals surface area (Å²) in [5.41, 5.74) is 5.25. The van der Waals surface area contributed by atoms with Crippen molar-refractivity contribution in [1.82, 2.24) is 4.98 Å². The lowest BCUT2D eigenvalue weighted by atomic mass is 10.0. The minimum Gasteiger partial charge on any atom is -0.489 e. The first-order valence-electron chi connectivity index (χ1n) is 11.8. The first-order chi connectivity index (χ1) is 17.0. The maximum Gasteiger partial charge on any atom is 0.307 e. The number of hydrogen-bond acceptors (Lipinski definition) is 5. The summed E-state index contributed by atoms with van der Waals surface area (Å²) in [7, 11) is 1.66. The molecule has 0 unspecified atom stereocenters. The Hall–Kier alpha value is -3.45. The summed E-state index contributed by atoms with van der Waals surface area (Å²) in [4.78, 5) is 15.8. The first kappa shape index (κ1) is 23.3. The summed E-state index contributed by atoms with van der Waals surface area (Å²) in [6, 6.07) is 14.5. The molecular formula is C28H28FNO5. The van der Waals surface area contributed by atoms with Crippen molar-refractivity contribution in [2.75, 3.05) is 20.3 Å². The molecule has 2 aliphatic carbocycles. The van der Waals surface area contributed by atoms with E-state index < -0.39 is 5.97 Å². The van der Waals surface area contributed by atoms with E-state index in [1.165, 1.54) is 6.07 Å². The van der Waals surface area contributed by atoms with Gasteiger partial charge in [0.05, 0.1) is 12.5 Å². The molecule has 1 fully saturated rings. The molecule has 2 aliphatic rings. The van der Waals surface area contributed by atoms with Gasteiger partial charge in [-0.25, -0.2) is 9.37 Å². The molecule has 0 aliphatic heterocycles. The van der Waals surface area contributed by atoms with Crippen LogP contribution in [-0.2, 0) is 22.6 Å². The molecule has 1 saturated carbocycles. The van der Waals surface area contributed by atoms with Crippen LogP contribution in [0.4, 0.5) is 4.39 Å². The molecule has 2 aromatic carbocycles. The Morgan fingerprint density at radius 2 is 1.97 bits per heavy atom. The predicted octanol–water partition coefficient (Wildman–Crippen LogP) is 5.16.